The molecule has 7 nitrogen and oxygen atoms in total. The van der Waals surface area contributed by atoms with Gasteiger partial charge in [0.1, 0.15) is 12.6 Å². The van der Waals surface area contributed by atoms with Crippen LogP contribution in [-0.4, -0.2) is 50.5 Å². The van der Waals surface area contributed by atoms with Gasteiger partial charge in [-0.2, -0.15) is 0 Å². The van der Waals surface area contributed by atoms with E-state index in [1.807, 2.05) is 32.9 Å². The van der Waals surface area contributed by atoms with Crippen LogP contribution in [0.15, 0.2) is 42.5 Å². The molecule has 0 aliphatic carbocycles. The molecule has 0 saturated carbocycles. The Balaban J connectivity index is 2.44. The molecule has 2 aromatic rings. The number of para-hydroxylation sites is 1. The number of nitrogens with one attached hydrogen (secondary N) is 1. The Morgan fingerprint density at radius 1 is 1.03 bits per heavy atom. The Labute approximate surface area is 218 Å². The van der Waals surface area contributed by atoms with E-state index < -0.39 is 28.5 Å². The third-order valence-corrected chi connectivity index (χ3v) is 7.24. The number of aryl methyl sites for hydroxylation is 1. The maximum absolute atomic E-state index is 13.6. The van der Waals surface area contributed by atoms with Crippen LogP contribution in [0.1, 0.15) is 38.8 Å². The number of nitrogens with zero attached hydrogens (tertiary/aromatic N) is 2. The molecule has 0 unspecified atom stereocenters. The maximum atomic E-state index is 13.6. The molecule has 35 heavy (non-hydrogen) atoms. The first-order chi connectivity index (χ1) is 16.3. The molecule has 0 heterocycles. The molecule has 1 N–H and O–H groups in total. The van der Waals surface area contributed by atoms with Crippen molar-refractivity contribution >= 4 is 50.7 Å². The molecule has 10 heteroatoms. The predicted octanol–water partition coefficient (Wildman–Crippen LogP) is 4.51. The standard InChI is InChI=1S/C25H33Cl2N3O4S/c1-6-19-9-7-8-10-23(19)30(35(5,33)34)16-24(31)29(18(4)25(32)28-14-17(2)3)15-20-11-12-21(26)13-22(20)27/h7-13,17-18H,6,14-16H2,1-5H3,(H,28,32)/t18-/m0/s1. The fraction of sp³-hybridized carbons (Fsp3) is 0.440. The van der Waals surface area contributed by atoms with Gasteiger partial charge in [0.2, 0.25) is 21.8 Å². The van der Waals surface area contributed by atoms with Crippen LogP contribution >= 0.6 is 23.2 Å². The Hall–Kier alpha value is -2.29. The third kappa shape index (κ3) is 8.12. The van der Waals surface area contributed by atoms with Gasteiger partial charge < -0.3 is 10.2 Å². The highest BCUT2D eigenvalue weighted by molar-refractivity contribution is 7.92. The van der Waals surface area contributed by atoms with Gasteiger partial charge in [-0.15, -0.1) is 0 Å². The molecular formula is C25H33Cl2N3O4S. The van der Waals surface area contributed by atoms with Gasteiger partial charge in [0.05, 0.1) is 11.9 Å². The van der Waals surface area contributed by atoms with E-state index in [1.165, 1.54) is 4.90 Å². The highest BCUT2D eigenvalue weighted by Crippen LogP contribution is 2.26. The van der Waals surface area contributed by atoms with Crippen molar-refractivity contribution in [1.29, 1.82) is 0 Å². The van der Waals surface area contributed by atoms with E-state index in [1.54, 1.807) is 37.3 Å². The maximum Gasteiger partial charge on any atom is 0.244 e. The number of amides is 2. The predicted molar refractivity (Wildman–Crippen MR) is 142 cm³/mol. The molecule has 0 aromatic heterocycles. The van der Waals surface area contributed by atoms with E-state index in [4.69, 9.17) is 23.2 Å². The lowest BCUT2D eigenvalue weighted by atomic mass is 10.1. The second-order valence-corrected chi connectivity index (χ2v) is 11.6. The van der Waals surface area contributed by atoms with Crippen molar-refractivity contribution in [1.82, 2.24) is 10.2 Å². The SMILES string of the molecule is CCc1ccccc1N(CC(=O)N(Cc1ccc(Cl)cc1Cl)[C@@H](C)C(=O)NCC(C)C)S(C)(=O)=O. The van der Waals surface area contributed by atoms with Crippen molar-refractivity contribution in [2.24, 2.45) is 5.92 Å². The highest BCUT2D eigenvalue weighted by atomic mass is 35.5. The van der Waals surface area contributed by atoms with E-state index in [2.05, 4.69) is 5.32 Å². The molecule has 192 valence electrons. The Morgan fingerprint density at radius 3 is 2.26 bits per heavy atom. The molecule has 1 atom stereocenters. The molecule has 0 aliphatic heterocycles. The fourth-order valence-corrected chi connectivity index (χ4v) is 4.86. The lowest BCUT2D eigenvalue weighted by Gasteiger charge is -2.32. The van der Waals surface area contributed by atoms with Crippen LogP contribution < -0.4 is 9.62 Å². The molecule has 0 bridgehead atoms. The number of hydrogen-bond donors (Lipinski definition) is 1. The molecule has 0 saturated heterocycles. The summed E-state index contributed by atoms with van der Waals surface area (Å²) in [4.78, 5) is 27.8. The number of halogens is 2. The topological polar surface area (TPSA) is 86.8 Å². The van der Waals surface area contributed by atoms with Gasteiger partial charge in [-0.05, 0) is 48.6 Å². The van der Waals surface area contributed by atoms with Crippen LogP contribution in [0.4, 0.5) is 5.69 Å². The molecule has 0 spiro atoms. The van der Waals surface area contributed by atoms with E-state index in [9.17, 15) is 18.0 Å². The smallest absolute Gasteiger partial charge is 0.244 e. The Bertz CT molecular complexity index is 1160. The van der Waals surface area contributed by atoms with Gasteiger partial charge in [-0.3, -0.25) is 13.9 Å². The van der Waals surface area contributed by atoms with Crippen LogP contribution in [-0.2, 0) is 32.6 Å². The van der Waals surface area contributed by atoms with Crippen molar-refractivity contribution in [2.75, 3.05) is 23.7 Å². The summed E-state index contributed by atoms with van der Waals surface area (Å²) < 4.78 is 26.5. The monoisotopic (exact) mass is 541 g/mol. The molecule has 0 aliphatic rings. The molecular weight excluding hydrogens is 509 g/mol. The second-order valence-electron chi connectivity index (χ2n) is 8.82. The van der Waals surface area contributed by atoms with E-state index >= 15 is 0 Å². The summed E-state index contributed by atoms with van der Waals surface area (Å²) in [5, 5.41) is 3.63. The molecule has 2 aromatic carbocycles. The van der Waals surface area contributed by atoms with E-state index in [0.29, 0.717) is 34.3 Å². The average molecular weight is 543 g/mol. The lowest BCUT2D eigenvalue weighted by molar-refractivity contribution is -0.139. The first-order valence-electron chi connectivity index (χ1n) is 11.4. The van der Waals surface area contributed by atoms with Crippen LogP contribution in [0.2, 0.25) is 10.0 Å². The van der Waals surface area contributed by atoms with Crippen LogP contribution in [0.25, 0.3) is 0 Å². The van der Waals surface area contributed by atoms with Crippen molar-refractivity contribution in [2.45, 2.75) is 46.7 Å². The number of benzene rings is 2. The largest absolute Gasteiger partial charge is 0.354 e. The normalized spacial score (nSPS) is 12.3. The van der Waals surface area contributed by atoms with Gasteiger partial charge >= 0.3 is 0 Å². The van der Waals surface area contributed by atoms with E-state index in [-0.39, 0.29) is 18.4 Å². The van der Waals surface area contributed by atoms with Gasteiger partial charge in [0.25, 0.3) is 0 Å². The second kappa shape index (κ2) is 12.6. The minimum absolute atomic E-state index is 0.0120. The van der Waals surface area contributed by atoms with Gasteiger partial charge in [0, 0.05) is 23.1 Å². The summed E-state index contributed by atoms with van der Waals surface area (Å²) in [5.41, 5.74) is 1.82. The van der Waals surface area contributed by atoms with Gasteiger partial charge in [-0.25, -0.2) is 8.42 Å². The summed E-state index contributed by atoms with van der Waals surface area (Å²) in [5.74, 6) is -0.635. The zero-order valence-electron chi connectivity index (χ0n) is 20.7. The molecule has 2 amide bonds. The van der Waals surface area contributed by atoms with Crippen molar-refractivity contribution < 1.29 is 18.0 Å². The van der Waals surface area contributed by atoms with Crippen LogP contribution in [0.5, 0.6) is 0 Å². The quantitative estimate of drug-likeness (QED) is 0.453. The summed E-state index contributed by atoms with van der Waals surface area (Å²) in [6.45, 7) is 7.47. The zero-order chi connectivity index (χ0) is 26.3. The fourth-order valence-electron chi connectivity index (χ4n) is 3.52. The number of sulfonamides is 1. The Kier molecular flexibility index (Phi) is 10.4. The summed E-state index contributed by atoms with van der Waals surface area (Å²) >= 11 is 12.4. The average Bonchev–Trinajstić information content (AvgIpc) is 2.79. The molecule has 2 rings (SSSR count). The number of carbonyl (C=O) groups is 2. The summed E-state index contributed by atoms with van der Waals surface area (Å²) in [7, 11) is -3.79. The van der Waals surface area contributed by atoms with Crippen LogP contribution in [0.3, 0.4) is 0 Å². The highest BCUT2D eigenvalue weighted by Gasteiger charge is 2.31. The van der Waals surface area contributed by atoms with E-state index in [0.717, 1.165) is 16.1 Å². The summed E-state index contributed by atoms with van der Waals surface area (Å²) in [6.07, 6.45) is 1.65. The first-order valence-corrected chi connectivity index (χ1v) is 14.0. The number of carbonyl (C=O) groups excluding carboxylic acids is 2. The van der Waals surface area contributed by atoms with Gasteiger partial charge in [-0.1, -0.05) is 68.2 Å². The minimum Gasteiger partial charge on any atom is -0.354 e. The third-order valence-electron chi connectivity index (χ3n) is 5.53. The first kappa shape index (κ1) is 28.9. The van der Waals surface area contributed by atoms with Crippen LogP contribution in [0, 0.1) is 5.92 Å². The number of hydrogen-bond acceptors (Lipinski definition) is 4. The molecule has 0 fully saturated rings. The molecule has 0 radical (unpaired) electrons. The lowest BCUT2D eigenvalue weighted by Crippen LogP contribution is -2.51. The van der Waals surface area contributed by atoms with Gasteiger partial charge in [0.15, 0.2) is 0 Å². The number of rotatable bonds is 11. The Morgan fingerprint density at radius 2 is 1.69 bits per heavy atom. The minimum atomic E-state index is -3.79. The van der Waals surface area contributed by atoms with Crippen molar-refractivity contribution in [3.63, 3.8) is 0 Å². The zero-order valence-corrected chi connectivity index (χ0v) is 23.0. The van der Waals surface area contributed by atoms with Crippen molar-refractivity contribution in [3.05, 3.63) is 63.6 Å². The number of anilines is 1. The summed E-state index contributed by atoms with van der Waals surface area (Å²) in [6, 6.07) is 11.1. The van der Waals surface area contributed by atoms with Crippen molar-refractivity contribution in [3.8, 4) is 0 Å².